The van der Waals surface area contributed by atoms with E-state index in [1.54, 1.807) is 41.4 Å². The molecule has 0 bridgehead atoms. The summed E-state index contributed by atoms with van der Waals surface area (Å²) in [5, 5.41) is 2.87. The average Bonchev–Trinajstić information content (AvgIpc) is 2.94. The molecule has 1 N–H and O–H groups in total. The smallest absolute Gasteiger partial charge is 0.257 e. The van der Waals surface area contributed by atoms with Crippen LogP contribution in [0, 0.1) is 0 Å². The van der Waals surface area contributed by atoms with Gasteiger partial charge in [-0.05, 0) is 50.8 Å². The molecule has 0 spiro atoms. The molecule has 0 unspecified atom stereocenters. The SMILES string of the molecule is CN1CCCN(CC(=O)N2c3ccccc3C(=O)Nc3cccnc32)CC1.Cl.Cl. The predicted molar refractivity (Wildman–Crippen MR) is 119 cm³/mol. The Labute approximate surface area is 182 Å². The number of carbonyl (C=O) groups excluding carboxylic acids is 2. The Hall–Kier alpha value is -2.19. The lowest BCUT2D eigenvalue weighted by molar-refractivity contribution is -0.119. The molecule has 156 valence electrons. The first-order valence-electron chi connectivity index (χ1n) is 9.23. The highest BCUT2D eigenvalue weighted by atomic mass is 35.5. The Morgan fingerprint density at radius 1 is 1.07 bits per heavy atom. The van der Waals surface area contributed by atoms with Crippen molar-refractivity contribution in [3.05, 3.63) is 48.2 Å². The Bertz CT molecular complexity index is 879. The number of likely N-dealkylation sites (N-methyl/N-ethyl adjacent to an activating group) is 1. The first-order valence-corrected chi connectivity index (χ1v) is 9.23. The van der Waals surface area contributed by atoms with Gasteiger partial charge in [-0.3, -0.25) is 19.4 Å². The van der Waals surface area contributed by atoms with Crippen LogP contribution in [0.4, 0.5) is 17.2 Å². The second-order valence-electron chi connectivity index (χ2n) is 7.01. The second-order valence-corrected chi connectivity index (χ2v) is 7.01. The van der Waals surface area contributed by atoms with Gasteiger partial charge in [-0.15, -0.1) is 24.8 Å². The minimum absolute atomic E-state index is 0. The highest BCUT2D eigenvalue weighted by molar-refractivity contribution is 6.17. The summed E-state index contributed by atoms with van der Waals surface area (Å²) < 4.78 is 0. The van der Waals surface area contributed by atoms with Gasteiger partial charge in [-0.2, -0.15) is 0 Å². The molecule has 0 radical (unpaired) electrons. The molecule has 4 rings (SSSR count). The third kappa shape index (κ3) is 4.87. The normalized spacial score (nSPS) is 16.9. The van der Waals surface area contributed by atoms with Crippen LogP contribution in [0.2, 0.25) is 0 Å². The van der Waals surface area contributed by atoms with Gasteiger partial charge in [0.05, 0.1) is 23.5 Å². The first-order chi connectivity index (χ1) is 13.1. The van der Waals surface area contributed by atoms with Crippen molar-refractivity contribution in [1.29, 1.82) is 0 Å². The number of hydrogen-bond donors (Lipinski definition) is 1. The van der Waals surface area contributed by atoms with Crippen molar-refractivity contribution in [3.63, 3.8) is 0 Å². The van der Waals surface area contributed by atoms with Crippen LogP contribution in [0.15, 0.2) is 42.6 Å². The second kappa shape index (κ2) is 10.0. The van der Waals surface area contributed by atoms with Crippen molar-refractivity contribution in [2.45, 2.75) is 6.42 Å². The summed E-state index contributed by atoms with van der Waals surface area (Å²) in [5.41, 5.74) is 1.59. The van der Waals surface area contributed by atoms with Gasteiger partial charge in [0, 0.05) is 19.3 Å². The summed E-state index contributed by atoms with van der Waals surface area (Å²) in [6.07, 6.45) is 2.68. The number of nitrogens with zero attached hydrogens (tertiary/aromatic N) is 4. The number of hydrogen-bond acceptors (Lipinski definition) is 5. The van der Waals surface area contributed by atoms with Gasteiger partial charge in [-0.25, -0.2) is 4.98 Å². The van der Waals surface area contributed by atoms with Crippen LogP contribution in [0.5, 0.6) is 0 Å². The largest absolute Gasteiger partial charge is 0.319 e. The number of anilines is 3. The number of pyridine rings is 1. The Kier molecular flexibility index (Phi) is 7.98. The van der Waals surface area contributed by atoms with Crippen LogP contribution >= 0.6 is 24.8 Å². The maximum absolute atomic E-state index is 13.3. The van der Waals surface area contributed by atoms with Gasteiger partial charge in [0.15, 0.2) is 5.82 Å². The number of para-hydroxylation sites is 1. The molecule has 1 aromatic heterocycles. The number of rotatable bonds is 2. The van der Waals surface area contributed by atoms with E-state index < -0.39 is 0 Å². The molecule has 9 heteroatoms. The number of aromatic nitrogens is 1. The van der Waals surface area contributed by atoms with E-state index >= 15 is 0 Å². The summed E-state index contributed by atoms with van der Waals surface area (Å²) >= 11 is 0. The number of carbonyl (C=O) groups is 2. The molecule has 2 aromatic rings. The molecule has 2 aliphatic heterocycles. The van der Waals surface area contributed by atoms with E-state index in [1.165, 1.54) is 0 Å². The lowest BCUT2D eigenvalue weighted by Crippen LogP contribution is -2.40. The van der Waals surface area contributed by atoms with Gasteiger partial charge in [0.2, 0.25) is 5.91 Å². The quantitative estimate of drug-likeness (QED) is 0.781. The summed E-state index contributed by atoms with van der Waals surface area (Å²) in [7, 11) is 2.10. The molecule has 2 aliphatic rings. The number of nitrogens with one attached hydrogen (secondary N) is 1. The van der Waals surface area contributed by atoms with Gasteiger partial charge >= 0.3 is 0 Å². The van der Waals surface area contributed by atoms with Gasteiger partial charge in [0.1, 0.15) is 0 Å². The fourth-order valence-corrected chi connectivity index (χ4v) is 3.61. The van der Waals surface area contributed by atoms with E-state index in [1.807, 2.05) is 6.07 Å². The van der Waals surface area contributed by atoms with E-state index in [2.05, 4.69) is 27.1 Å². The first kappa shape index (κ1) is 23.1. The maximum Gasteiger partial charge on any atom is 0.257 e. The zero-order valence-corrected chi connectivity index (χ0v) is 17.8. The number of halogens is 2. The molecule has 0 saturated carbocycles. The zero-order valence-electron chi connectivity index (χ0n) is 16.2. The van der Waals surface area contributed by atoms with Crippen molar-refractivity contribution in [2.75, 3.05) is 50.0 Å². The van der Waals surface area contributed by atoms with Crippen molar-refractivity contribution in [3.8, 4) is 0 Å². The van der Waals surface area contributed by atoms with Crippen molar-refractivity contribution < 1.29 is 9.59 Å². The summed E-state index contributed by atoms with van der Waals surface area (Å²) in [4.78, 5) is 36.4. The molecular weight excluding hydrogens is 413 g/mol. The fourth-order valence-electron chi connectivity index (χ4n) is 3.61. The molecule has 7 nitrogen and oxygen atoms in total. The van der Waals surface area contributed by atoms with E-state index in [0.29, 0.717) is 29.3 Å². The van der Waals surface area contributed by atoms with Gasteiger partial charge in [-0.1, -0.05) is 12.1 Å². The monoisotopic (exact) mass is 437 g/mol. The Morgan fingerprint density at radius 3 is 2.69 bits per heavy atom. The Balaban J connectivity index is 0.00000150. The molecule has 0 atom stereocenters. The van der Waals surface area contributed by atoms with Gasteiger partial charge < -0.3 is 10.2 Å². The summed E-state index contributed by atoms with van der Waals surface area (Å²) in [6.45, 7) is 4.02. The molecule has 1 saturated heterocycles. The van der Waals surface area contributed by atoms with Crippen LogP contribution in [-0.2, 0) is 4.79 Å². The molecule has 29 heavy (non-hydrogen) atoms. The van der Waals surface area contributed by atoms with Crippen molar-refractivity contribution >= 4 is 53.8 Å². The third-order valence-corrected chi connectivity index (χ3v) is 5.06. The van der Waals surface area contributed by atoms with Crippen LogP contribution in [0.25, 0.3) is 0 Å². The number of fused-ring (bicyclic) bond motifs is 2. The van der Waals surface area contributed by atoms with Gasteiger partial charge in [0.25, 0.3) is 5.91 Å². The minimum Gasteiger partial charge on any atom is -0.319 e. The van der Waals surface area contributed by atoms with E-state index in [-0.39, 0.29) is 36.6 Å². The van der Waals surface area contributed by atoms with E-state index in [4.69, 9.17) is 0 Å². The zero-order chi connectivity index (χ0) is 18.8. The van der Waals surface area contributed by atoms with Crippen LogP contribution in [-0.4, -0.2) is 66.4 Å². The highest BCUT2D eigenvalue weighted by Crippen LogP contribution is 2.36. The standard InChI is InChI=1S/C20H23N5O2.2ClH/c1-23-10-5-11-24(13-12-23)14-18(26)25-17-8-3-2-6-15(17)20(27)22-16-7-4-9-21-19(16)25;;/h2-4,6-9H,5,10-14H2,1H3,(H,22,27);2*1H. The number of amides is 2. The summed E-state index contributed by atoms with van der Waals surface area (Å²) in [6, 6.07) is 10.7. The van der Waals surface area contributed by atoms with E-state index in [0.717, 1.165) is 32.6 Å². The van der Waals surface area contributed by atoms with Crippen molar-refractivity contribution in [2.24, 2.45) is 0 Å². The molecule has 2 amide bonds. The predicted octanol–water partition coefficient (Wildman–Crippen LogP) is 2.79. The summed E-state index contributed by atoms with van der Waals surface area (Å²) in [5.74, 6) is 0.155. The molecule has 3 heterocycles. The van der Waals surface area contributed by atoms with Crippen LogP contribution in [0.3, 0.4) is 0 Å². The lowest BCUT2D eigenvalue weighted by Gasteiger charge is -2.26. The average molecular weight is 438 g/mol. The van der Waals surface area contributed by atoms with Crippen LogP contribution < -0.4 is 10.2 Å². The lowest BCUT2D eigenvalue weighted by atomic mass is 10.1. The molecule has 1 aromatic carbocycles. The molecule has 1 fully saturated rings. The van der Waals surface area contributed by atoms with Crippen LogP contribution in [0.1, 0.15) is 16.8 Å². The third-order valence-electron chi connectivity index (χ3n) is 5.06. The maximum atomic E-state index is 13.3. The topological polar surface area (TPSA) is 68.8 Å². The molecular formula is C20H25Cl2N5O2. The minimum atomic E-state index is -0.230. The Morgan fingerprint density at radius 2 is 1.86 bits per heavy atom. The fraction of sp³-hybridized carbons (Fsp3) is 0.350. The number of benzene rings is 1. The van der Waals surface area contributed by atoms with Crippen molar-refractivity contribution in [1.82, 2.24) is 14.8 Å². The molecule has 0 aliphatic carbocycles. The van der Waals surface area contributed by atoms with E-state index in [9.17, 15) is 9.59 Å². The highest BCUT2D eigenvalue weighted by Gasteiger charge is 2.31.